The molecule has 0 atom stereocenters. The van der Waals surface area contributed by atoms with Crippen LogP contribution in [-0.2, 0) is 0 Å². The highest BCUT2D eigenvalue weighted by Gasteiger charge is 2.13. The van der Waals surface area contributed by atoms with Gasteiger partial charge in [-0.1, -0.05) is 0 Å². The monoisotopic (exact) mass is 356 g/mol. The standard InChI is InChI=1S/C19H24N4O3/c1-23(2)9-3-7-20-18-12-14(6-8-21-18)19(24)22-15-4-5-16-17(13-15)26-11-10-25-16/h4-6,8,12-13H,3,7,9-11H2,1-2H3,(H,20,21)(H,22,24). The molecule has 0 saturated carbocycles. The number of anilines is 2. The second-order valence-corrected chi connectivity index (χ2v) is 6.33. The summed E-state index contributed by atoms with van der Waals surface area (Å²) in [5, 5.41) is 6.13. The van der Waals surface area contributed by atoms with Crippen molar-refractivity contribution in [2.45, 2.75) is 6.42 Å². The highest BCUT2D eigenvalue weighted by Crippen LogP contribution is 2.32. The van der Waals surface area contributed by atoms with Crippen LogP contribution >= 0.6 is 0 Å². The van der Waals surface area contributed by atoms with Gasteiger partial charge in [-0.05, 0) is 51.3 Å². The molecule has 1 aromatic carbocycles. The summed E-state index contributed by atoms with van der Waals surface area (Å²) < 4.78 is 11.0. The molecule has 1 aliphatic heterocycles. The van der Waals surface area contributed by atoms with Crippen molar-refractivity contribution in [3.8, 4) is 11.5 Å². The lowest BCUT2D eigenvalue weighted by Gasteiger charge is -2.19. The van der Waals surface area contributed by atoms with Gasteiger partial charge in [-0.3, -0.25) is 4.79 Å². The lowest BCUT2D eigenvalue weighted by Crippen LogP contribution is -2.17. The average Bonchev–Trinajstić information content (AvgIpc) is 2.65. The molecule has 0 spiro atoms. The van der Waals surface area contributed by atoms with Crippen molar-refractivity contribution in [2.24, 2.45) is 0 Å². The lowest BCUT2D eigenvalue weighted by molar-refractivity contribution is 0.102. The fourth-order valence-electron chi connectivity index (χ4n) is 2.60. The van der Waals surface area contributed by atoms with Crippen LogP contribution in [0.3, 0.4) is 0 Å². The number of fused-ring (bicyclic) bond motifs is 1. The first-order chi connectivity index (χ1) is 12.6. The number of benzene rings is 1. The van der Waals surface area contributed by atoms with E-state index < -0.39 is 0 Å². The molecule has 0 saturated heterocycles. The molecule has 0 aliphatic carbocycles. The van der Waals surface area contributed by atoms with Crippen LogP contribution < -0.4 is 20.1 Å². The Labute approximate surface area is 153 Å². The van der Waals surface area contributed by atoms with Gasteiger partial charge in [0.1, 0.15) is 19.0 Å². The van der Waals surface area contributed by atoms with Gasteiger partial charge in [0.05, 0.1) is 0 Å². The molecule has 0 bridgehead atoms. The van der Waals surface area contributed by atoms with Crippen LogP contribution in [0.15, 0.2) is 36.5 Å². The molecule has 2 aromatic rings. The van der Waals surface area contributed by atoms with Gasteiger partial charge >= 0.3 is 0 Å². The Morgan fingerprint density at radius 3 is 2.77 bits per heavy atom. The van der Waals surface area contributed by atoms with Crippen molar-refractivity contribution < 1.29 is 14.3 Å². The zero-order valence-electron chi connectivity index (χ0n) is 15.1. The first kappa shape index (κ1) is 18.0. The Kier molecular flexibility index (Phi) is 5.91. The number of nitrogens with zero attached hydrogens (tertiary/aromatic N) is 2. The van der Waals surface area contributed by atoms with E-state index in [1.165, 1.54) is 0 Å². The van der Waals surface area contributed by atoms with Crippen molar-refractivity contribution in [3.63, 3.8) is 0 Å². The van der Waals surface area contributed by atoms with E-state index in [1.54, 1.807) is 36.5 Å². The van der Waals surface area contributed by atoms with Crippen molar-refractivity contribution >= 4 is 17.4 Å². The van der Waals surface area contributed by atoms with Gasteiger partial charge in [0, 0.05) is 30.1 Å². The second-order valence-electron chi connectivity index (χ2n) is 6.33. The third-order valence-electron chi connectivity index (χ3n) is 3.91. The van der Waals surface area contributed by atoms with Crippen LogP contribution in [0.25, 0.3) is 0 Å². The summed E-state index contributed by atoms with van der Waals surface area (Å²) in [6.45, 7) is 2.85. The zero-order chi connectivity index (χ0) is 18.4. The van der Waals surface area contributed by atoms with Crippen LogP contribution in [0.5, 0.6) is 11.5 Å². The van der Waals surface area contributed by atoms with Crippen LogP contribution in [0.1, 0.15) is 16.8 Å². The maximum absolute atomic E-state index is 12.5. The predicted octanol–water partition coefficient (Wildman–Crippen LogP) is 2.47. The van der Waals surface area contributed by atoms with E-state index in [0.717, 1.165) is 19.5 Å². The molecular formula is C19H24N4O3. The Morgan fingerprint density at radius 1 is 1.15 bits per heavy atom. The molecule has 7 heteroatoms. The number of amides is 1. The summed E-state index contributed by atoms with van der Waals surface area (Å²) >= 11 is 0. The van der Waals surface area contributed by atoms with Crippen molar-refractivity contribution in [1.29, 1.82) is 0 Å². The van der Waals surface area contributed by atoms with Gasteiger partial charge in [0.25, 0.3) is 5.91 Å². The molecule has 0 fully saturated rings. The minimum Gasteiger partial charge on any atom is -0.486 e. The molecule has 1 aliphatic rings. The molecule has 1 aromatic heterocycles. The van der Waals surface area contributed by atoms with Crippen molar-refractivity contribution in [2.75, 3.05) is 51.0 Å². The van der Waals surface area contributed by atoms with E-state index in [0.29, 0.717) is 41.8 Å². The molecule has 2 N–H and O–H groups in total. The topological polar surface area (TPSA) is 75.7 Å². The predicted molar refractivity (Wildman–Crippen MR) is 101 cm³/mol. The quantitative estimate of drug-likeness (QED) is 0.743. The molecule has 2 heterocycles. The summed E-state index contributed by atoms with van der Waals surface area (Å²) in [6, 6.07) is 8.82. The number of rotatable bonds is 7. The first-order valence-corrected chi connectivity index (χ1v) is 8.67. The minimum atomic E-state index is -0.194. The molecule has 0 radical (unpaired) electrons. The molecule has 1 amide bonds. The zero-order valence-corrected chi connectivity index (χ0v) is 15.1. The lowest BCUT2D eigenvalue weighted by atomic mass is 10.2. The second kappa shape index (κ2) is 8.53. The molecule has 0 unspecified atom stereocenters. The Morgan fingerprint density at radius 2 is 1.96 bits per heavy atom. The fraction of sp³-hybridized carbons (Fsp3) is 0.368. The Balaban J connectivity index is 1.60. The van der Waals surface area contributed by atoms with Gasteiger partial charge in [-0.15, -0.1) is 0 Å². The van der Waals surface area contributed by atoms with E-state index in [-0.39, 0.29) is 5.91 Å². The fourth-order valence-corrected chi connectivity index (χ4v) is 2.60. The smallest absolute Gasteiger partial charge is 0.255 e. The number of aromatic nitrogens is 1. The van der Waals surface area contributed by atoms with Gasteiger partial charge in [0.2, 0.25) is 0 Å². The van der Waals surface area contributed by atoms with E-state index in [9.17, 15) is 4.79 Å². The summed E-state index contributed by atoms with van der Waals surface area (Å²) in [5.41, 5.74) is 1.21. The van der Waals surface area contributed by atoms with Crippen molar-refractivity contribution in [1.82, 2.24) is 9.88 Å². The number of ether oxygens (including phenoxy) is 2. The van der Waals surface area contributed by atoms with Crippen LogP contribution in [0.2, 0.25) is 0 Å². The van der Waals surface area contributed by atoms with Crippen molar-refractivity contribution in [3.05, 3.63) is 42.1 Å². The van der Waals surface area contributed by atoms with Crippen LogP contribution in [0, 0.1) is 0 Å². The molecule has 138 valence electrons. The van der Waals surface area contributed by atoms with Gasteiger partial charge in [-0.2, -0.15) is 0 Å². The van der Waals surface area contributed by atoms with E-state index in [4.69, 9.17) is 9.47 Å². The number of hydrogen-bond acceptors (Lipinski definition) is 6. The molecular weight excluding hydrogens is 332 g/mol. The molecule has 3 rings (SSSR count). The summed E-state index contributed by atoms with van der Waals surface area (Å²) in [6.07, 6.45) is 2.63. The van der Waals surface area contributed by atoms with Crippen LogP contribution in [-0.4, -0.2) is 56.2 Å². The van der Waals surface area contributed by atoms with Gasteiger partial charge in [0.15, 0.2) is 11.5 Å². The Hall–Kier alpha value is -2.80. The number of pyridine rings is 1. The third kappa shape index (κ3) is 4.86. The first-order valence-electron chi connectivity index (χ1n) is 8.67. The average molecular weight is 356 g/mol. The summed E-state index contributed by atoms with van der Waals surface area (Å²) in [7, 11) is 4.09. The number of carbonyl (C=O) groups excluding carboxylic acids is 1. The maximum atomic E-state index is 12.5. The minimum absolute atomic E-state index is 0.194. The summed E-state index contributed by atoms with van der Waals surface area (Å²) in [4.78, 5) is 18.9. The van der Waals surface area contributed by atoms with Gasteiger partial charge < -0.3 is 25.0 Å². The Bertz CT molecular complexity index is 764. The maximum Gasteiger partial charge on any atom is 0.255 e. The van der Waals surface area contributed by atoms with E-state index >= 15 is 0 Å². The SMILES string of the molecule is CN(C)CCCNc1cc(C(=O)Nc2ccc3c(c2)OCCO3)ccn1. The third-order valence-corrected chi connectivity index (χ3v) is 3.91. The van der Waals surface area contributed by atoms with E-state index in [2.05, 4.69) is 20.5 Å². The normalized spacial score (nSPS) is 12.7. The molecule has 7 nitrogen and oxygen atoms in total. The number of hydrogen-bond donors (Lipinski definition) is 2. The number of carbonyl (C=O) groups is 1. The summed E-state index contributed by atoms with van der Waals surface area (Å²) in [5.74, 6) is 1.84. The highest BCUT2D eigenvalue weighted by molar-refractivity contribution is 6.04. The van der Waals surface area contributed by atoms with Crippen LogP contribution in [0.4, 0.5) is 11.5 Å². The number of nitrogens with one attached hydrogen (secondary N) is 2. The van der Waals surface area contributed by atoms with Gasteiger partial charge in [-0.25, -0.2) is 4.98 Å². The highest BCUT2D eigenvalue weighted by atomic mass is 16.6. The largest absolute Gasteiger partial charge is 0.486 e. The molecule has 26 heavy (non-hydrogen) atoms. The van der Waals surface area contributed by atoms with E-state index in [1.807, 2.05) is 14.1 Å².